The van der Waals surface area contributed by atoms with Crippen molar-refractivity contribution in [3.05, 3.63) is 29.3 Å². The van der Waals surface area contributed by atoms with E-state index in [0.717, 1.165) is 15.7 Å². The van der Waals surface area contributed by atoms with Crippen molar-refractivity contribution in [2.45, 2.75) is 11.8 Å². The molecule has 0 bridgehead atoms. The highest BCUT2D eigenvalue weighted by molar-refractivity contribution is 7.99. The second-order valence-corrected chi connectivity index (χ2v) is 4.78. The van der Waals surface area contributed by atoms with Gasteiger partial charge in [-0.05, 0) is 18.1 Å². The molecule has 13 heavy (non-hydrogen) atoms. The van der Waals surface area contributed by atoms with Crippen LogP contribution in [0.2, 0.25) is 5.02 Å². The molecule has 0 aromatic heterocycles. The van der Waals surface area contributed by atoms with E-state index in [9.17, 15) is 0 Å². The molecular weight excluding hydrogens is 223 g/mol. The van der Waals surface area contributed by atoms with E-state index in [4.69, 9.17) is 23.2 Å². The standard InChI is InChI=1S/C10H12Cl2S/c1-8(6-11)7-13-10-5-3-2-4-9(10)12/h2-5,8H,6-7H2,1H3. The zero-order valence-electron chi connectivity index (χ0n) is 7.47. The van der Waals surface area contributed by atoms with E-state index in [1.54, 1.807) is 11.8 Å². The van der Waals surface area contributed by atoms with Gasteiger partial charge < -0.3 is 0 Å². The van der Waals surface area contributed by atoms with Crippen molar-refractivity contribution in [3.8, 4) is 0 Å². The minimum atomic E-state index is 0.530. The number of alkyl halides is 1. The molecule has 0 heterocycles. The first-order valence-corrected chi connectivity index (χ1v) is 6.07. The molecule has 72 valence electrons. The highest BCUT2D eigenvalue weighted by Gasteiger charge is 2.03. The first-order valence-electron chi connectivity index (χ1n) is 4.17. The van der Waals surface area contributed by atoms with Gasteiger partial charge in [0.1, 0.15) is 0 Å². The Balaban J connectivity index is 2.50. The summed E-state index contributed by atoms with van der Waals surface area (Å²) >= 11 is 13.5. The quantitative estimate of drug-likeness (QED) is 0.553. The Hall–Kier alpha value is 0.150. The van der Waals surface area contributed by atoms with Gasteiger partial charge in [0.25, 0.3) is 0 Å². The Bertz CT molecular complexity index is 263. The Labute approximate surface area is 93.6 Å². The molecule has 0 N–H and O–H groups in total. The average Bonchev–Trinajstić information content (AvgIpc) is 2.16. The lowest BCUT2D eigenvalue weighted by Gasteiger charge is -2.07. The van der Waals surface area contributed by atoms with Crippen molar-refractivity contribution in [1.82, 2.24) is 0 Å². The van der Waals surface area contributed by atoms with Gasteiger partial charge in [0.15, 0.2) is 0 Å². The van der Waals surface area contributed by atoms with Gasteiger partial charge in [-0.1, -0.05) is 30.7 Å². The molecule has 0 saturated heterocycles. The molecule has 1 unspecified atom stereocenters. The molecule has 0 aliphatic rings. The van der Waals surface area contributed by atoms with Crippen LogP contribution in [0.4, 0.5) is 0 Å². The largest absolute Gasteiger partial charge is 0.126 e. The number of thioether (sulfide) groups is 1. The summed E-state index contributed by atoms with van der Waals surface area (Å²) in [7, 11) is 0. The predicted molar refractivity (Wildman–Crippen MR) is 62.1 cm³/mol. The second-order valence-electron chi connectivity index (χ2n) is 3.00. The topological polar surface area (TPSA) is 0 Å². The van der Waals surface area contributed by atoms with E-state index >= 15 is 0 Å². The van der Waals surface area contributed by atoms with E-state index in [1.165, 1.54) is 0 Å². The summed E-state index contributed by atoms with van der Waals surface area (Å²) in [6, 6.07) is 7.89. The van der Waals surface area contributed by atoms with Crippen LogP contribution in [0.25, 0.3) is 0 Å². The number of hydrogen-bond acceptors (Lipinski definition) is 1. The zero-order valence-corrected chi connectivity index (χ0v) is 9.79. The fourth-order valence-corrected chi connectivity index (χ4v) is 2.34. The maximum atomic E-state index is 6.00. The van der Waals surface area contributed by atoms with Crippen LogP contribution in [0.3, 0.4) is 0 Å². The maximum Gasteiger partial charge on any atom is 0.0541 e. The summed E-state index contributed by atoms with van der Waals surface area (Å²) in [6.45, 7) is 2.14. The van der Waals surface area contributed by atoms with Crippen molar-refractivity contribution in [2.75, 3.05) is 11.6 Å². The van der Waals surface area contributed by atoms with Crippen molar-refractivity contribution in [3.63, 3.8) is 0 Å². The second kappa shape index (κ2) is 5.79. The molecule has 0 spiro atoms. The molecule has 0 radical (unpaired) electrons. The Morgan fingerprint density at radius 1 is 1.38 bits per heavy atom. The van der Waals surface area contributed by atoms with Gasteiger partial charge in [0, 0.05) is 16.5 Å². The number of halogens is 2. The molecule has 1 atom stereocenters. The van der Waals surface area contributed by atoms with Crippen LogP contribution >= 0.6 is 35.0 Å². The zero-order chi connectivity index (χ0) is 9.68. The molecule has 0 aliphatic carbocycles. The summed E-state index contributed by atoms with van der Waals surface area (Å²) in [6.07, 6.45) is 0. The number of hydrogen-bond donors (Lipinski definition) is 0. The first-order chi connectivity index (χ1) is 6.24. The summed E-state index contributed by atoms with van der Waals surface area (Å²) in [4.78, 5) is 1.14. The highest BCUT2D eigenvalue weighted by Crippen LogP contribution is 2.28. The van der Waals surface area contributed by atoms with Gasteiger partial charge >= 0.3 is 0 Å². The van der Waals surface area contributed by atoms with Crippen LogP contribution in [0.1, 0.15) is 6.92 Å². The van der Waals surface area contributed by atoms with Gasteiger partial charge in [-0.3, -0.25) is 0 Å². The summed E-state index contributed by atoms with van der Waals surface area (Å²) in [5.74, 6) is 2.26. The maximum absolute atomic E-state index is 6.00. The van der Waals surface area contributed by atoms with Crippen LogP contribution in [-0.4, -0.2) is 11.6 Å². The minimum absolute atomic E-state index is 0.530. The number of rotatable bonds is 4. The van der Waals surface area contributed by atoms with Crippen LogP contribution in [0, 0.1) is 5.92 Å². The SMILES string of the molecule is CC(CCl)CSc1ccccc1Cl. The first kappa shape index (κ1) is 11.2. The third-order valence-electron chi connectivity index (χ3n) is 1.62. The molecule has 1 aromatic rings. The molecule has 0 fully saturated rings. The van der Waals surface area contributed by atoms with Crippen LogP contribution in [0.5, 0.6) is 0 Å². The van der Waals surface area contributed by atoms with E-state index in [1.807, 2.05) is 24.3 Å². The lowest BCUT2D eigenvalue weighted by molar-refractivity contribution is 0.759. The summed E-state index contributed by atoms with van der Waals surface area (Å²) in [5.41, 5.74) is 0. The normalized spacial score (nSPS) is 12.8. The van der Waals surface area contributed by atoms with Crippen molar-refractivity contribution < 1.29 is 0 Å². The molecule has 0 nitrogen and oxygen atoms in total. The predicted octanol–water partition coefficient (Wildman–Crippen LogP) is 4.31. The van der Waals surface area contributed by atoms with E-state index in [-0.39, 0.29) is 0 Å². The van der Waals surface area contributed by atoms with Gasteiger partial charge in [0.2, 0.25) is 0 Å². The van der Waals surface area contributed by atoms with Crippen LogP contribution in [0.15, 0.2) is 29.2 Å². The molecule has 0 aliphatic heterocycles. The van der Waals surface area contributed by atoms with Gasteiger partial charge in [-0.25, -0.2) is 0 Å². The van der Waals surface area contributed by atoms with E-state index < -0.39 is 0 Å². The Morgan fingerprint density at radius 2 is 2.08 bits per heavy atom. The molecule has 1 rings (SSSR count). The van der Waals surface area contributed by atoms with Crippen molar-refractivity contribution in [2.24, 2.45) is 5.92 Å². The Kier molecular flexibility index (Phi) is 5.00. The lowest BCUT2D eigenvalue weighted by atomic mass is 10.3. The monoisotopic (exact) mass is 234 g/mol. The van der Waals surface area contributed by atoms with E-state index in [2.05, 4.69) is 6.92 Å². The van der Waals surface area contributed by atoms with Crippen LogP contribution in [-0.2, 0) is 0 Å². The van der Waals surface area contributed by atoms with Crippen molar-refractivity contribution in [1.29, 1.82) is 0 Å². The van der Waals surface area contributed by atoms with Crippen molar-refractivity contribution >= 4 is 35.0 Å². The summed E-state index contributed by atoms with van der Waals surface area (Å²) in [5, 5.41) is 0.828. The van der Waals surface area contributed by atoms with Gasteiger partial charge in [0.05, 0.1) is 5.02 Å². The molecule has 0 amide bonds. The molecule has 0 saturated carbocycles. The third kappa shape index (κ3) is 3.80. The van der Waals surface area contributed by atoms with Gasteiger partial charge in [-0.15, -0.1) is 23.4 Å². The fraction of sp³-hybridized carbons (Fsp3) is 0.400. The lowest BCUT2D eigenvalue weighted by Crippen LogP contribution is -1.98. The fourth-order valence-electron chi connectivity index (χ4n) is 0.838. The third-order valence-corrected chi connectivity index (χ3v) is 3.99. The average molecular weight is 235 g/mol. The molecular formula is C10H12Cl2S. The smallest absolute Gasteiger partial charge is 0.0541 e. The molecule has 1 aromatic carbocycles. The van der Waals surface area contributed by atoms with Gasteiger partial charge in [-0.2, -0.15) is 0 Å². The van der Waals surface area contributed by atoms with E-state index in [0.29, 0.717) is 11.8 Å². The minimum Gasteiger partial charge on any atom is -0.126 e. The number of benzene rings is 1. The Morgan fingerprint density at radius 3 is 2.69 bits per heavy atom. The molecule has 3 heteroatoms. The summed E-state index contributed by atoms with van der Waals surface area (Å²) < 4.78 is 0. The van der Waals surface area contributed by atoms with Crippen LogP contribution < -0.4 is 0 Å². The highest BCUT2D eigenvalue weighted by atomic mass is 35.5.